The van der Waals surface area contributed by atoms with Gasteiger partial charge in [0.15, 0.2) is 12.4 Å². The number of rotatable bonds is 56. The van der Waals surface area contributed by atoms with E-state index in [0.29, 0.717) is 17.4 Å². The maximum atomic E-state index is 12.9. The van der Waals surface area contributed by atoms with Gasteiger partial charge in [-0.1, -0.05) is 244 Å². The van der Waals surface area contributed by atoms with Gasteiger partial charge in [-0.25, -0.2) is 0 Å². The molecule has 0 fully saturated rings. The summed E-state index contributed by atoms with van der Waals surface area (Å²) in [4.78, 5) is 37.2. The van der Waals surface area contributed by atoms with E-state index < -0.39 is 24.3 Å². The highest BCUT2D eigenvalue weighted by molar-refractivity contribution is 5.70. The van der Waals surface area contributed by atoms with Gasteiger partial charge in [0.1, 0.15) is 13.2 Å². The van der Waals surface area contributed by atoms with Crippen LogP contribution in [0.2, 0.25) is 0 Å². The van der Waals surface area contributed by atoms with Crippen LogP contribution in [0.3, 0.4) is 0 Å². The highest BCUT2D eigenvalue weighted by atomic mass is 16.7. The van der Waals surface area contributed by atoms with Crippen LogP contribution in [0.15, 0.2) is 134 Å². The Morgan fingerprint density at radius 1 is 0.392 bits per heavy atom. The molecule has 9 nitrogen and oxygen atoms in total. The van der Waals surface area contributed by atoms with E-state index in [1.54, 1.807) is 0 Å². The summed E-state index contributed by atoms with van der Waals surface area (Å²) >= 11 is 0. The molecule has 0 aliphatic carbocycles. The molecule has 9 heteroatoms. The molecule has 0 aliphatic heterocycles. The van der Waals surface area contributed by atoms with Crippen molar-refractivity contribution in [1.29, 1.82) is 0 Å². The first kappa shape index (κ1) is 74.4. The molecule has 2 atom stereocenters. The zero-order valence-electron chi connectivity index (χ0n) is 50.9. The molecule has 0 saturated heterocycles. The Labute approximate surface area is 484 Å². The SMILES string of the molecule is CC/C=C\C/C=C\C/C=C\C/C=C\C/C=C\C/C=C\C/C=C\C/C=C\C/C=C\CCCCCCCCCCCCCCCC(=O)OC(COC(=O)CCCCCCC/C=C\C/C=C\CCC)COC(OCC[N+](C)(C)C)C(=O)[O-]. The number of ether oxygens (including phenoxy) is 4. The smallest absolute Gasteiger partial charge is 0.306 e. The van der Waals surface area contributed by atoms with E-state index in [4.69, 9.17) is 18.9 Å². The van der Waals surface area contributed by atoms with Crippen molar-refractivity contribution >= 4 is 17.9 Å². The van der Waals surface area contributed by atoms with Gasteiger partial charge < -0.3 is 33.3 Å². The standard InChI is InChI=1S/C70H115NO8/c1-6-8-10-12-14-16-18-20-21-22-23-24-25-26-27-28-29-30-31-32-33-34-35-36-37-38-39-40-41-42-43-44-45-46-47-49-51-53-55-57-59-61-68(73)79-66(65-78-70(69(74)75)76-63-62-71(3,4)5)64-77-67(72)60-58-56-54-52-50-48-19-17-15-13-11-9-7-2/h8,10-11,13-14,16-17,19-21,23-24,26-27,29-30,32-33,35-36,38-39,66,70H,6-7,9,12,15,18,22,25,28,31,34,37,40-65H2,1-5H3/b10-8-,13-11-,16-14-,19-17-,21-20-,24-23-,27-26-,30-29-,33-32-,36-35-,39-38-. The number of quaternary nitrogens is 1. The number of nitrogens with zero attached hydrogens (tertiary/aromatic N) is 1. The normalized spacial score (nSPS) is 13.7. The summed E-state index contributed by atoms with van der Waals surface area (Å²) < 4.78 is 22.7. The van der Waals surface area contributed by atoms with E-state index in [-0.39, 0.29) is 38.6 Å². The Morgan fingerprint density at radius 2 is 0.722 bits per heavy atom. The lowest BCUT2D eigenvalue weighted by Crippen LogP contribution is -2.44. The number of esters is 2. The number of unbranched alkanes of at least 4 members (excludes halogenated alkanes) is 19. The van der Waals surface area contributed by atoms with Gasteiger partial charge in [-0.2, -0.15) is 0 Å². The molecule has 0 amide bonds. The number of carboxylic acid groups (broad SMARTS) is 1. The first-order valence-corrected chi connectivity index (χ1v) is 31.3. The van der Waals surface area contributed by atoms with Crippen molar-refractivity contribution in [2.24, 2.45) is 0 Å². The third-order valence-corrected chi connectivity index (χ3v) is 12.9. The highest BCUT2D eigenvalue weighted by Gasteiger charge is 2.22. The Bertz CT molecular complexity index is 1750. The van der Waals surface area contributed by atoms with E-state index in [0.717, 1.165) is 128 Å². The number of hydrogen-bond donors (Lipinski definition) is 0. The van der Waals surface area contributed by atoms with Crippen molar-refractivity contribution < 1.29 is 42.9 Å². The van der Waals surface area contributed by atoms with Gasteiger partial charge in [0.25, 0.3) is 0 Å². The van der Waals surface area contributed by atoms with Crippen LogP contribution < -0.4 is 5.11 Å². The molecule has 0 N–H and O–H groups in total. The van der Waals surface area contributed by atoms with Gasteiger partial charge >= 0.3 is 11.9 Å². The monoisotopic (exact) mass is 1100 g/mol. The van der Waals surface area contributed by atoms with Gasteiger partial charge in [-0.3, -0.25) is 9.59 Å². The van der Waals surface area contributed by atoms with E-state index in [1.807, 2.05) is 21.1 Å². The van der Waals surface area contributed by atoms with E-state index in [1.165, 1.54) is 70.6 Å². The maximum absolute atomic E-state index is 12.9. The second-order valence-corrected chi connectivity index (χ2v) is 21.6. The van der Waals surface area contributed by atoms with Crippen molar-refractivity contribution in [3.8, 4) is 0 Å². The molecule has 0 spiro atoms. The van der Waals surface area contributed by atoms with Gasteiger partial charge in [0.05, 0.1) is 40.3 Å². The molecule has 2 unspecified atom stereocenters. The number of aliphatic carboxylic acids is 1. The number of carboxylic acids is 1. The largest absolute Gasteiger partial charge is 0.545 e. The summed E-state index contributed by atoms with van der Waals surface area (Å²) in [6.45, 7) is 4.53. The molecule has 0 saturated carbocycles. The number of carbonyl (C=O) groups is 3. The molecule has 0 aromatic rings. The minimum absolute atomic E-state index is 0.140. The molecule has 0 bridgehead atoms. The van der Waals surface area contributed by atoms with Gasteiger partial charge in [-0.15, -0.1) is 0 Å². The molecule has 79 heavy (non-hydrogen) atoms. The van der Waals surface area contributed by atoms with Crippen LogP contribution in [-0.4, -0.2) is 82.3 Å². The Kier molecular flexibility index (Phi) is 56.1. The summed E-state index contributed by atoms with van der Waals surface area (Å²) in [5, 5.41) is 11.8. The van der Waals surface area contributed by atoms with E-state index in [2.05, 4.69) is 148 Å². The van der Waals surface area contributed by atoms with Gasteiger partial charge in [-0.05, 0) is 109 Å². The van der Waals surface area contributed by atoms with E-state index in [9.17, 15) is 19.5 Å². The lowest BCUT2D eigenvalue weighted by Gasteiger charge is -2.26. The Morgan fingerprint density at radius 3 is 1.08 bits per heavy atom. The molecule has 0 aromatic heterocycles. The minimum atomic E-state index is -1.63. The average Bonchev–Trinajstić information content (AvgIpc) is 3.42. The summed E-state index contributed by atoms with van der Waals surface area (Å²) in [6, 6.07) is 0. The molecule has 448 valence electrons. The molecular formula is C70H115NO8. The first-order valence-electron chi connectivity index (χ1n) is 31.3. The van der Waals surface area contributed by atoms with Crippen LogP contribution in [0.5, 0.6) is 0 Å². The predicted octanol–water partition coefficient (Wildman–Crippen LogP) is 17.7. The van der Waals surface area contributed by atoms with E-state index >= 15 is 0 Å². The third-order valence-electron chi connectivity index (χ3n) is 12.9. The minimum Gasteiger partial charge on any atom is -0.545 e. The fourth-order valence-electron chi connectivity index (χ4n) is 8.10. The number of carbonyl (C=O) groups excluding carboxylic acids is 3. The predicted molar refractivity (Wildman–Crippen MR) is 333 cm³/mol. The summed E-state index contributed by atoms with van der Waals surface area (Å²) in [6.07, 6.45) is 82.4. The van der Waals surface area contributed by atoms with Crippen LogP contribution in [0, 0.1) is 0 Å². The van der Waals surface area contributed by atoms with Crippen LogP contribution in [0.25, 0.3) is 0 Å². The second kappa shape index (κ2) is 59.5. The molecule has 0 radical (unpaired) electrons. The quantitative estimate of drug-likeness (QED) is 0.0195. The van der Waals surface area contributed by atoms with Crippen LogP contribution in [0.4, 0.5) is 0 Å². The number of hydrogen-bond acceptors (Lipinski definition) is 8. The average molecular weight is 1100 g/mol. The molecule has 0 heterocycles. The molecule has 0 aliphatic rings. The second-order valence-electron chi connectivity index (χ2n) is 21.6. The molecule has 0 aromatic carbocycles. The van der Waals surface area contributed by atoms with Crippen molar-refractivity contribution in [3.05, 3.63) is 134 Å². The first-order chi connectivity index (χ1) is 38.6. The zero-order chi connectivity index (χ0) is 57.6. The Balaban J connectivity index is 4.08. The van der Waals surface area contributed by atoms with Crippen LogP contribution in [-0.2, 0) is 33.3 Å². The summed E-state index contributed by atoms with van der Waals surface area (Å²) in [7, 11) is 5.91. The maximum Gasteiger partial charge on any atom is 0.306 e. The van der Waals surface area contributed by atoms with Gasteiger partial charge in [0.2, 0.25) is 0 Å². The van der Waals surface area contributed by atoms with Crippen LogP contribution in [0.1, 0.15) is 232 Å². The highest BCUT2D eigenvalue weighted by Crippen LogP contribution is 2.15. The van der Waals surface area contributed by atoms with Crippen molar-refractivity contribution in [3.63, 3.8) is 0 Å². The number of allylic oxidation sites excluding steroid dienone is 22. The van der Waals surface area contributed by atoms with Crippen molar-refractivity contribution in [2.75, 3.05) is 47.5 Å². The van der Waals surface area contributed by atoms with Crippen molar-refractivity contribution in [1.82, 2.24) is 0 Å². The fourth-order valence-corrected chi connectivity index (χ4v) is 8.10. The van der Waals surface area contributed by atoms with Crippen molar-refractivity contribution in [2.45, 2.75) is 245 Å². The van der Waals surface area contributed by atoms with Gasteiger partial charge in [0, 0.05) is 12.8 Å². The molecular weight excluding hydrogens is 983 g/mol. The lowest BCUT2D eigenvalue weighted by molar-refractivity contribution is -0.870. The fraction of sp³-hybridized carbons (Fsp3) is 0.643. The number of likely N-dealkylation sites (N-methyl/N-ethyl adjacent to an activating group) is 1. The van der Waals surface area contributed by atoms with Crippen LogP contribution >= 0.6 is 0 Å². The summed E-state index contributed by atoms with van der Waals surface area (Å²) in [5.41, 5.74) is 0. The Hall–Kier alpha value is -4.57. The summed E-state index contributed by atoms with van der Waals surface area (Å²) in [5.74, 6) is -2.31. The lowest BCUT2D eigenvalue weighted by atomic mass is 10.0. The topological polar surface area (TPSA) is 111 Å². The zero-order valence-corrected chi connectivity index (χ0v) is 50.9. The third kappa shape index (κ3) is 60.9. The molecule has 0 rings (SSSR count).